The van der Waals surface area contributed by atoms with Crippen LogP contribution in [0.4, 0.5) is 5.69 Å². The zero-order valence-corrected chi connectivity index (χ0v) is 18.6. The number of carbonyl (C=O) groups excluding carboxylic acids is 1. The van der Waals surface area contributed by atoms with Crippen LogP contribution in [-0.2, 0) is 14.8 Å². The molecule has 1 heterocycles. The molecule has 4 rings (SSSR count). The fraction of sp³-hybridized carbons (Fsp3) is 0.227. The van der Waals surface area contributed by atoms with Gasteiger partial charge in [-0.2, -0.15) is 4.31 Å². The van der Waals surface area contributed by atoms with Gasteiger partial charge in [-0.1, -0.05) is 36.4 Å². The highest BCUT2D eigenvalue weighted by atomic mass is 79.9. The molecular weight excluding hydrogens is 468 g/mol. The number of carbonyl (C=O) groups is 1. The van der Waals surface area contributed by atoms with Gasteiger partial charge in [-0.25, -0.2) is 8.42 Å². The number of rotatable bonds is 6. The zero-order valence-electron chi connectivity index (χ0n) is 16.2. The van der Waals surface area contributed by atoms with Crippen LogP contribution in [0, 0.1) is 0 Å². The Balaban J connectivity index is 1.43. The predicted octanol–water partition coefficient (Wildman–Crippen LogP) is 4.40. The van der Waals surface area contributed by atoms with Crippen molar-refractivity contribution < 1.29 is 17.9 Å². The lowest BCUT2D eigenvalue weighted by Crippen LogP contribution is -2.28. The number of hydrogen-bond acceptors (Lipinski definition) is 4. The molecule has 0 aromatic heterocycles. The first-order valence-corrected chi connectivity index (χ1v) is 11.9. The van der Waals surface area contributed by atoms with E-state index in [1.807, 2.05) is 36.4 Å². The summed E-state index contributed by atoms with van der Waals surface area (Å²) in [5.41, 5.74) is 0.418. The van der Waals surface area contributed by atoms with E-state index in [9.17, 15) is 13.2 Å². The third-order valence-electron chi connectivity index (χ3n) is 5.01. The van der Waals surface area contributed by atoms with E-state index in [0.29, 0.717) is 24.5 Å². The molecule has 1 aliphatic rings. The number of hydrogen-bond donors (Lipinski definition) is 1. The minimum Gasteiger partial charge on any atom is -0.483 e. The van der Waals surface area contributed by atoms with Crippen LogP contribution in [0.25, 0.3) is 10.8 Å². The van der Waals surface area contributed by atoms with Gasteiger partial charge in [0.2, 0.25) is 10.0 Å². The number of amides is 1. The van der Waals surface area contributed by atoms with Crippen molar-refractivity contribution in [1.29, 1.82) is 0 Å². The molecule has 1 amide bonds. The Hall–Kier alpha value is -2.42. The van der Waals surface area contributed by atoms with Crippen LogP contribution < -0.4 is 10.1 Å². The summed E-state index contributed by atoms with van der Waals surface area (Å²) in [4.78, 5) is 12.5. The van der Waals surface area contributed by atoms with Gasteiger partial charge < -0.3 is 10.1 Å². The second-order valence-electron chi connectivity index (χ2n) is 7.07. The molecule has 0 radical (unpaired) electrons. The molecule has 30 heavy (non-hydrogen) atoms. The van der Waals surface area contributed by atoms with Gasteiger partial charge in [0.25, 0.3) is 5.91 Å². The standard InChI is InChI=1S/C22H21BrN2O4S/c23-22-19-9-2-1-6-16(19)10-11-20(22)29-15-21(26)24-17-7-5-8-18(14-17)30(27,28)25-12-3-4-13-25/h1-2,5-11,14H,3-4,12-13,15H2,(H,24,26). The monoisotopic (exact) mass is 488 g/mol. The van der Waals surface area contributed by atoms with Crippen molar-refractivity contribution in [1.82, 2.24) is 4.31 Å². The third kappa shape index (κ3) is 4.35. The first-order valence-electron chi connectivity index (χ1n) is 9.65. The maximum Gasteiger partial charge on any atom is 0.262 e. The van der Waals surface area contributed by atoms with Crippen LogP contribution in [0.5, 0.6) is 5.75 Å². The maximum absolute atomic E-state index is 12.7. The predicted molar refractivity (Wildman–Crippen MR) is 120 cm³/mol. The number of anilines is 1. The molecule has 1 aliphatic heterocycles. The normalized spacial score (nSPS) is 14.7. The molecule has 6 nitrogen and oxygen atoms in total. The van der Waals surface area contributed by atoms with Gasteiger partial charge >= 0.3 is 0 Å². The van der Waals surface area contributed by atoms with Gasteiger partial charge in [0, 0.05) is 18.8 Å². The lowest BCUT2D eigenvalue weighted by atomic mass is 10.1. The second-order valence-corrected chi connectivity index (χ2v) is 9.81. The summed E-state index contributed by atoms with van der Waals surface area (Å²) in [7, 11) is -3.53. The van der Waals surface area contributed by atoms with Crippen molar-refractivity contribution in [3.05, 3.63) is 65.1 Å². The lowest BCUT2D eigenvalue weighted by Gasteiger charge is -2.16. The van der Waals surface area contributed by atoms with Crippen molar-refractivity contribution in [3.8, 4) is 5.75 Å². The summed E-state index contributed by atoms with van der Waals surface area (Å²) in [5, 5.41) is 4.77. The Kier molecular flexibility index (Phi) is 6.08. The molecule has 156 valence electrons. The maximum atomic E-state index is 12.7. The van der Waals surface area contributed by atoms with E-state index in [0.717, 1.165) is 28.1 Å². The Morgan fingerprint density at radius 3 is 2.60 bits per heavy atom. The number of ether oxygens (including phenoxy) is 1. The highest BCUT2D eigenvalue weighted by Gasteiger charge is 2.27. The van der Waals surface area contributed by atoms with Crippen molar-refractivity contribution in [3.63, 3.8) is 0 Å². The summed E-state index contributed by atoms with van der Waals surface area (Å²) in [6, 6.07) is 17.9. The van der Waals surface area contributed by atoms with E-state index in [1.165, 1.54) is 10.4 Å². The molecule has 1 saturated heterocycles. The third-order valence-corrected chi connectivity index (χ3v) is 7.72. The van der Waals surface area contributed by atoms with E-state index < -0.39 is 10.0 Å². The smallest absolute Gasteiger partial charge is 0.262 e. The van der Waals surface area contributed by atoms with E-state index in [4.69, 9.17) is 4.74 Å². The summed E-state index contributed by atoms with van der Waals surface area (Å²) < 4.78 is 33.4. The molecule has 0 unspecified atom stereocenters. The number of nitrogens with zero attached hydrogens (tertiary/aromatic N) is 1. The van der Waals surface area contributed by atoms with Gasteiger partial charge in [0.1, 0.15) is 5.75 Å². The molecule has 1 fully saturated rings. The van der Waals surface area contributed by atoms with E-state index >= 15 is 0 Å². The quantitative estimate of drug-likeness (QED) is 0.557. The average Bonchev–Trinajstić information content (AvgIpc) is 3.30. The topological polar surface area (TPSA) is 75.7 Å². The summed E-state index contributed by atoms with van der Waals surface area (Å²) in [6.07, 6.45) is 1.74. The summed E-state index contributed by atoms with van der Waals surface area (Å²) >= 11 is 3.53. The SMILES string of the molecule is O=C(COc1ccc2ccccc2c1Br)Nc1cccc(S(=O)(=O)N2CCCC2)c1. The Labute approximate surface area is 184 Å². The largest absolute Gasteiger partial charge is 0.483 e. The van der Waals surface area contributed by atoms with Gasteiger partial charge in [-0.3, -0.25) is 4.79 Å². The number of sulfonamides is 1. The van der Waals surface area contributed by atoms with Gasteiger partial charge in [0.05, 0.1) is 9.37 Å². The molecule has 3 aromatic carbocycles. The minimum atomic E-state index is -3.53. The van der Waals surface area contributed by atoms with E-state index in [1.54, 1.807) is 18.2 Å². The molecule has 3 aromatic rings. The molecule has 8 heteroatoms. The summed E-state index contributed by atoms with van der Waals surface area (Å²) in [6.45, 7) is 0.876. The highest BCUT2D eigenvalue weighted by molar-refractivity contribution is 9.10. The molecular formula is C22H21BrN2O4S. The highest BCUT2D eigenvalue weighted by Crippen LogP contribution is 2.33. The molecule has 0 aliphatic carbocycles. The minimum absolute atomic E-state index is 0.181. The Bertz CT molecular complexity index is 1190. The zero-order chi connectivity index (χ0) is 21.1. The molecule has 1 N–H and O–H groups in total. The van der Waals surface area contributed by atoms with Crippen LogP contribution in [0.3, 0.4) is 0 Å². The van der Waals surface area contributed by atoms with Crippen LogP contribution in [0.1, 0.15) is 12.8 Å². The molecule has 0 spiro atoms. The molecule has 0 atom stereocenters. The number of nitrogens with one attached hydrogen (secondary N) is 1. The number of fused-ring (bicyclic) bond motifs is 1. The fourth-order valence-electron chi connectivity index (χ4n) is 3.48. The lowest BCUT2D eigenvalue weighted by molar-refractivity contribution is -0.118. The van der Waals surface area contributed by atoms with Crippen LogP contribution in [0.2, 0.25) is 0 Å². The van der Waals surface area contributed by atoms with Crippen LogP contribution >= 0.6 is 15.9 Å². The first-order chi connectivity index (χ1) is 14.4. The van der Waals surface area contributed by atoms with Crippen molar-refractivity contribution >= 4 is 48.3 Å². The van der Waals surface area contributed by atoms with Crippen LogP contribution in [-0.4, -0.2) is 38.3 Å². The molecule has 0 saturated carbocycles. The van der Waals surface area contributed by atoms with Crippen molar-refractivity contribution in [2.75, 3.05) is 25.0 Å². The van der Waals surface area contributed by atoms with Crippen LogP contribution in [0.15, 0.2) is 70.0 Å². The number of benzene rings is 3. The average molecular weight is 489 g/mol. The Morgan fingerprint density at radius 1 is 1.03 bits per heavy atom. The first kappa shape index (κ1) is 20.8. The summed E-state index contributed by atoms with van der Waals surface area (Å²) in [5.74, 6) is 0.194. The molecule has 0 bridgehead atoms. The van der Waals surface area contributed by atoms with Gasteiger partial charge in [-0.15, -0.1) is 0 Å². The van der Waals surface area contributed by atoms with Crippen molar-refractivity contribution in [2.45, 2.75) is 17.7 Å². The Morgan fingerprint density at radius 2 is 1.80 bits per heavy atom. The van der Waals surface area contributed by atoms with Gasteiger partial charge in [0.15, 0.2) is 6.61 Å². The fourth-order valence-corrected chi connectivity index (χ4v) is 5.65. The van der Waals surface area contributed by atoms with E-state index in [2.05, 4.69) is 21.2 Å². The van der Waals surface area contributed by atoms with Gasteiger partial charge in [-0.05, 0) is 63.8 Å². The second kappa shape index (κ2) is 8.75. The van der Waals surface area contributed by atoms with E-state index in [-0.39, 0.29) is 17.4 Å². The van der Waals surface area contributed by atoms with Crippen molar-refractivity contribution in [2.24, 2.45) is 0 Å². The number of halogens is 1.